The first-order valence-electron chi connectivity index (χ1n) is 5.04. The van der Waals surface area contributed by atoms with Crippen molar-refractivity contribution in [2.75, 3.05) is 11.4 Å². The molecule has 0 radical (unpaired) electrons. The average Bonchev–Trinajstić information content (AvgIpc) is 2.79. The van der Waals surface area contributed by atoms with E-state index in [1.54, 1.807) is 12.4 Å². The monoisotopic (exact) mass is 270 g/mol. The molecule has 88 valence electrons. The summed E-state index contributed by atoms with van der Waals surface area (Å²) in [5, 5.41) is 16.1. The van der Waals surface area contributed by atoms with Crippen LogP contribution in [0.1, 0.15) is 5.82 Å². The molecule has 1 aliphatic rings. The summed E-state index contributed by atoms with van der Waals surface area (Å²) in [6.07, 6.45) is 1.73. The van der Waals surface area contributed by atoms with Gasteiger partial charge < -0.3 is 9.47 Å². The van der Waals surface area contributed by atoms with E-state index in [4.69, 9.17) is 23.2 Å². The van der Waals surface area contributed by atoms with Gasteiger partial charge in [0.1, 0.15) is 6.33 Å². The minimum Gasteiger partial charge on any atom is -0.360 e. The van der Waals surface area contributed by atoms with Crippen LogP contribution in [0.5, 0.6) is 0 Å². The first-order chi connectivity index (χ1) is 8.24. The molecule has 6 nitrogen and oxygen atoms in total. The zero-order valence-electron chi connectivity index (χ0n) is 8.72. The molecule has 3 heterocycles. The van der Waals surface area contributed by atoms with Gasteiger partial charge in [-0.1, -0.05) is 23.2 Å². The lowest BCUT2D eigenvalue weighted by atomic mass is 10.3. The van der Waals surface area contributed by atoms with Gasteiger partial charge in [-0.2, -0.15) is 0 Å². The van der Waals surface area contributed by atoms with Gasteiger partial charge in [0.25, 0.3) is 0 Å². The normalized spacial score (nSPS) is 14.8. The van der Waals surface area contributed by atoms with Crippen LogP contribution in [0.2, 0.25) is 10.3 Å². The van der Waals surface area contributed by atoms with Crippen molar-refractivity contribution in [3.63, 3.8) is 0 Å². The lowest BCUT2D eigenvalue weighted by molar-refractivity contribution is 0.559. The Kier molecular flexibility index (Phi) is 2.60. The Labute approximate surface area is 107 Å². The van der Waals surface area contributed by atoms with Crippen molar-refractivity contribution in [2.45, 2.75) is 13.1 Å². The van der Waals surface area contributed by atoms with E-state index in [0.717, 1.165) is 24.6 Å². The van der Waals surface area contributed by atoms with Crippen molar-refractivity contribution in [1.29, 1.82) is 0 Å². The number of nitrogens with zero attached hydrogens (tertiary/aromatic N) is 6. The molecule has 1 aliphatic heterocycles. The predicted octanol–water partition coefficient (Wildman–Crippen LogP) is 1.40. The maximum absolute atomic E-state index is 6.01. The molecular weight excluding hydrogens is 263 g/mol. The summed E-state index contributed by atoms with van der Waals surface area (Å²) in [6, 6.07) is 1.71. The van der Waals surface area contributed by atoms with Gasteiger partial charge in [0.2, 0.25) is 0 Å². The maximum Gasteiger partial charge on any atom is 0.175 e. The molecule has 2 aromatic heterocycles. The second kappa shape index (κ2) is 4.12. The maximum atomic E-state index is 6.01. The zero-order chi connectivity index (χ0) is 11.8. The molecule has 0 N–H and O–H groups in total. The highest BCUT2D eigenvalue weighted by molar-refractivity contribution is 6.33. The zero-order valence-corrected chi connectivity index (χ0v) is 10.2. The average molecular weight is 271 g/mol. The number of anilines is 1. The highest BCUT2D eigenvalue weighted by Crippen LogP contribution is 2.27. The van der Waals surface area contributed by atoms with Crippen molar-refractivity contribution in [3.8, 4) is 0 Å². The van der Waals surface area contributed by atoms with Gasteiger partial charge in [-0.05, 0) is 0 Å². The predicted molar refractivity (Wildman–Crippen MR) is 63.1 cm³/mol. The molecule has 0 unspecified atom stereocenters. The number of fused-ring (bicyclic) bond motifs is 1. The molecule has 17 heavy (non-hydrogen) atoms. The molecule has 0 fully saturated rings. The van der Waals surface area contributed by atoms with E-state index in [9.17, 15) is 0 Å². The van der Waals surface area contributed by atoms with E-state index in [2.05, 4.69) is 25.3 Å². The number of halogens is 2. The Balaban J connectivity index is 1.94. The van der Waals surface area contributed by atoms with Crippen LogP contribution < -0.4 is 4.90 Å². The van der Waals surface area contributed by atoms with Crippen molar-refractivity contribution in [1.82, 2.24) is 25.0 Å². The second-order valence-electron chi connectivity index (χ2n) is 3.71. The molecule has 0 saturated heterocycles. The summed E-state index contributed by atoms with van der Waals surface area (Å²) in [4.78, 5) is 2.06. The van der Waals surface area contributed by atoms with Gasteiger partial charge in [0, 0.05) is 19.2 Å². The first kappa shape index (κ1) is 10.7. The summed E-state index contributed by atoms with van der Waals surface area (Å²) in [5.41, 5.74) is 0.779. The fraction of sp³-hybridized carbons (Fsp3) is 0.333. The summed E-state index contributed by atoms with van der Waals surface area (Å²) in [7, 11) is 0. The number of aromatic nitrogens is 5. The Morgan fingerprint density at radius 3 is 2.88 bits per heavy atom. The van der Waals surface area contributed by atoms with Crippen LogP contribution >= 0.6 is 23.2 Å². The van der Waals surface area contributed by atoms with E-state index < -0.39 is 0 Å². The Morgan fingerprint density at radius 1 is 1.12 bits per heavy atom. The lowest BCUT2D eigenvalue weighted by Gasteiger charge is -2.29. The Bertz CT molecular complexity index is 554. The summed E-state index contributed by atoms with van der Waals surface area (Å²) in [6.45, 7) is 2.27. The number of rotatable bonds is 1. The molecule has 0 atom stereocenters. The fourth-order valence-electron chi connectivity index (χ4n) is 1.84. The van der Waals surface area contributed by atoms with Crippen molar-refractivity contribution in [3.05, 3.63) is 28.5 Å². The quantitative estimate of drug-likeness (QED) is 0.784. The molecule has 8 heteroatoms. The molecule has 0 amide bonds. The minimum absolute atomic E-state index is 0.330. The molecular formula is C9H8Cl2N6. The molecule has 0 saturated carbocycles. The number of hydrogen-bond donors (Lipinski definition) is 0. The summed E-state index contributed by atoms with van der Waals surface area (Å²) >= 11 is 11.8. The molecule has 0 aliphatic carbocycles. The molecule has 2 aromatic rings. The van der Waals surface area contributed by atoms with E-state index in [0.29, 0.717) is 16.9 Å². The van der Waals surface area contributed by atoms with E-state index >= 15 is 0 Å². The van der Waals surface area contributed by atoms with Crippen LogP contribution in [0.15, 0.2) is 12.4 Å². The van der Waals surface area contributed by atoms with Crippen LogP contribution in [0.4, 0.5) is 5.69 Å². The molecule has 3 rings (SSSR count). The molecule has 0 aromatic carbocycles. The highest BCUT2D eigenvalue weighted by Gasteiger charge is 2.20. The van der Waals surface area contributed by atoms with E-state index in [-0.39, 0.29) is 0 Å². The summed E-state index contributed by atoms with van der Waals surface area (Å²) in [5.74, 6) is 0.903. The SMILES string of the molecule is Clc1cc(N2CCn3cnnc3C2)c(Cl)nn1. The lowest BCUT2D eigenvalue weighted by Crippen LogP contribution is -2.33. The van der Waals surface area contributed by atoms with Gasteiger partial charge in [0.15, 0.2) is 16.1 Å². The third-order valence-corrected chi connectivity index (χ3v) is 3.13. The van der Waals surface area contributed by atoms with Crippen LogP contribution in [-0.2, 0) is 13.1 Å². The van der Waals surface area contributed by atoms with Gasteiger partial charge in [-0.3, -0.25) is 0 Å². The van der Waals surface area contributed by atoms with Gasteiger partial charge >= 0.3 is 0 Å². The van der Waals surface area contributed by atoms with E-state index in [1.807, 2.05) is 4.57 Å². The van der Waals surface area contributed by atoms with Gasteiger partial charge in [-0.25, -0.2) is 0 Å². The van der Waals surface area contributed by atoms with Crippen LogP contribution in [-0.4, -0.2) is 31.5 Å². The van der Waals surface area contributed by atoms with Crippen molar-refractivity contribution >= 4 is 28.9 Å². The molecule has 0 spiro atoms. The summed E-state index contributed by atoms with van der Waals surface area (Å²) < 4.78 is 2.01. The van der Waals surface area contributed by atoms with Gasteiger partial charge in [-0.15, -0.1) is 20.4 Å². The van der Waals surface area contributed by atoms with Crippen LogP contribution in [0.3, 0.4) is 0 Å². The second-order valence-corrected chi connectivity index (χ2v) is 4.45. The minimum atomic E-state index is 0.330. The third kappa shape index (κ3) is 1.94. The highest BCUT2D eigenvalue weighted by atomic mass is 35.5. The van der Waals surface area contributed by atoms with Gasteiger partial charge in [0.05, 0.1) is 12.2 Å². The smallest absolute Gasteiger partial charge is 0.175 e. The van der Waals surface area contributed by atoms with Crippen LogP contribution in [0.25, 0.3) is 0 Å². The van der Waals surface area contributed by atoms with Crippen LogP contribution in [0, 0.1) is 0 Å². The largest absolute Gasteiger partial charge is 0.360 e. The first-order valence-corrected chi connectivity index (χ1v) is 5.80. The van der Waals surface area contributed by atoms with Crippen molar-refractivity contribution < 1.29 is 0 Å². The number of hydrogen-bond acceptors (Lipinski definition) is 5. The fourth-order valence-corrected chi connectivity index (χ4v) is 2.19. The Morgan fingerprint density at radius 2 is 2.00 bits per heavy atom. The standard InChI is InChI=1S/C9H8Cl2N6/c10-7-3-6(9(11)15-13-7)16-1-2-17-5-12-14-8(17)4-16/h3,5H,1-2,4H2. The third-order valence-electron chi connectivity index (χ3n) is 2.68. The Hall–Kier alpha value is -1.40. The van der Waals surface area contributed by atoms with Crippen molar-refractivity contribution in [2.24, 2.45) is 0 Å². The molecule has 0 bridgehead atoms. The van der Waals surface area contributed by atoms with E-state index in [1.165, 1.54) is 0 Å². The topological polar surface area (TPSA) is 59.7 Å².